The van der Waals surface area contributed by atoms with E-state index in [1.807, 2.05) is 10.0 Å². The number of aliphatic hydroxyl groups excluding tert-OH is 2. The lowest BCUT2D eigenvalue weighted by Gasteiger charge is -2.41. The number of rotatable bonds is 6. The van der Waals surface area contributed by atoms with E-state index >= 15 is 0 Å². The molecular formula is C16H20F3N3O7S. The first-order valence-corrected chi connectivity index (χ1v) is 9.99. The van der Waals surface area contributed by atoms with Crippen molar-refractivity contribution in [1.29, 1.82) is 0 Å². The van der Waals surface area contributed by atoms with E-state index in [4.69, 9.17) is 5.73 Å². The number of primary amides is 1. The number of hydrogen-bond acceptors (Lipinski definition) is 7. The molecule has 1 fully saturated rings. The molecule has 0 bridgehead atoms. The summed E-state index contributed by atoms with van der Waals surface area (Å²) in [6.07, 6.45) is -9.73. The average molecular weight is 455 g/mol. The Kier molecular flexibility index (Phi) is 6.78. The first-order chi connectivity index (χ1) is 13.7. The van der Waals surface area contributed by atoms with Gasteiger partial charge in [-0.1, -0.05) is 6.07 Å². The van der Waals surface area contributed by atoms with Crippen LogP contribution in [0, 0.1) is 0 Å². The fourth-order valence-electron chi connectivity index (χ4n) is 3.04. The number of amides is 2. The Labute approximate surface area is 168 Å². The number of carbonyl (C=O) groups is 2. The largest absolute Gasteiger partial charge is 0.416 e. The fourth-order valence-corrected chi connectivity index (χ4v) is 4.34. The highest BCUT2D eigenvalue weighted by molar-refractivity contribution is 7.89. The maximum Gasteiger partial charge on any atom is 0.416 e. The zero-order valence-corrected chi connectivity index (χ0v) is 16.1. The molecule has 2 amide bonds. The molecule has 0 aromatic heterocycles. The van der Waals surface area contributed by atoms with Crippen LogP contribution in [0.5, 0.6) is 0 Å². The summed E-state index contributed by atoms with van der Waals surface area (Å²) in [4.78, 5) is 22.2. The van der Waals surface area contributed by atoms with Crippen molar-refractivity contribution in [1.82, 2.24) is 10.0 Å². The Bertz CT molecular complexity index is 925. The van der Waals surface area contributed by atoms with Crippen LogP contribution in [-0.4, -0.2) is 65.9 Å². The molecule has 0 heterocycles. The zero-order chi connectivity index (χ0) is 22.9. The van der Waals surface area contributed by atoms with E-state index in [0.717, 1.165) is 12.1 Å². The predicted octanol–water partition coefficient (Wildman–Crippen LogP) is -1.80. The van der Waals surface area contributed by atoms with E-state index in [1.165, 1.54) is 0 Å². The molecule has 1 aromatic rings. The van der Waals surface area contributed by atoms with Crippen LogP contribution in [-0.2, 0) is 25.8 Å². The molecule has 30 heavy (non-hydrogen) atoms. The van der Waals surface area contributed by atoms with Gasteiger partial charge in [0.2, 0.25) is 15.9 Å². The smallest absolute Gasteiger partial charge is 0.390 e. The lowest BCUT2D eigenvalue weighted by Crippen LogP contribution is -2.63. The summed E-state index contributed by atoms with van der Waals surface area (Å²) in [5, 5.41) is 32.6. The molecule has 1 aliphatic rings. The van der Waals surface area contributed by atoms with Gasteiger partial charge in [0.1, 0.15) is 5.60 Å². The van der Waals surface area contributed by atoms with Gasteiger partial charge in [0, 0.05) is 12.8 Å². The van der Waals surface area contributed by atoms with Gasteiger partial charge in [-0.2, -0.15) is 13.2 Å². The van der Waals surface area contributed by atoms with Crippen LogP contribution < -0.4 is 15.8 Å². The molecule has 2 rings (SSSR count). The van der Waals surface area contributed by atoms with Crippen LogP contribution in [0.4, 0.5) is 13.2 Å². The standard InChI is InChI=1S/C16H20F3N3O7S/c17-16(18,19)8-2-1-3-9(4-8)30(28,29)22-10-5-15(27,6-11(23)13(10)25)14(26)21-7-12(20)24/h1-4,10-11,13,22-23,25,27H,5-7H2,(H2,20,24)(H,21,26)/t10-,11-,13-,15+/m1/s1. The lowest BCUT2D eigenvalue weighted by atomic mass is 9.78. The number of carbonyl (C=O) groups excluding carboxylic acids is 2. The van der Waals surface area contributed by atoms with Crippen molar-refractivity contribution in [3.8, 4) is 0 Å². The number of sulfonamides is 1. The quantitative estimate of drug-likeness (QED) is 0.293. The monoisotopic (exact) mass is 455 g/mol. The number of benzene rings is 1. The summed E-state index contributed by atoms with van der Waals surface area (Å²) in [6.45, 7) is -0.638. The molecule has 0 radical (unpaired) electrons. The van der Waals surface area contributed by atoms with E-state index in [9.17, 15) is 46.5 Å². The molecule has 1 saturated carbocycles. The Hall–Kier alpha value is -2.26. The van der Waals surface area contributed by atoms with Crippen molar-refractivity contribution >= 4 is 21.8 Å². The molecule has 168 valence electrons. The van der Waals surface area contributed by atoms with Crippen LogP contribution in [0.2, 0.25) is 0 Å². The highest BCUT2D eigenvalue weighted by Gasteiger charge is 2.49. The van der Waals surface area contributed by atoms with Gasteiger partial charge in [-0.15, -0.1) is 0 Å². The molecule has 14 heteroatoms. The van der Waals surface area contributed by atoms with Crippen LogP contribution in [0.3, 0.4) is 0 Å². The van der Waals surface area contributed by atoms with Crippen LogP contribution in [0.15, 0.2) is 29.2 Å². The van der Waals surface area contributed by atoms with Crippen molar-refractivity contribution in [2.24, 2.45) is 5.73 Å². The van der Waals surface area contributed by atoms with Gasteiger partial charge in [-0.05, 0) is 18.2 Å². The second-order valence-electron chi connectivity index (χ2n) is 6.90. The maximum absolute atomic E-state index is 12.8. The summed E-state index contributed by atoms with van der Waals surface area (Å²) in [6, 6.07) is 1.17. The molecule has 0 unspecified atom stereocenters. The minimum Gasteiger partial charge on any atom is -0.390 e. The van der Waals surface area contributed by atoms with Gasteiger partial charge in [-0.3, -0.25) is 9.59 Å². The van der Waals surface area contributed by atoms with E-state index < -0.39 is 81.7 Å². The first kappa shape index (κ1) is 24.0. The topological polar surface area (TPSA) is 179 Å². The second kappa shape index (κ2) is 8.47. The molecule has 10 nitrogen and oxygen atoms in total. The number of aliphatic hydroxyl groups is 3. The van der Waals surface area contributed by atoms with Crippen molar-refractivity contribution < 1.29 is 46.5 Å². The van der Waals surface area contributed by atoms with Crippen LogP contribution >= 0.6 is 0 Å². The normalized spacial score (nSPS) is 27.5. The Morgan fingerprint density at radius 1 is 1.23 bits per heavy atom. The SMILES string of the molecule is NC(=O)CNC(=O)[C@@]1(O)C[C@@H](O)[C@H](O)[C@H](NS(=O)(=O)c2cccc(C(F)(F)F)c2)C1. The highest BCUT2D eigenvalue weighted by atomic mass is 32.2. The summed E-state index contributed by atoms with van der Waals surface area (Å²) in [5.74, 6) is -2.07. The van der Waals surface area contributed by atoms with Crippen LogP contribution in [0.1, 0.15) is 18.4 Å². The molecule has 0 saturated heterocycles. The van der Waals surface area contributed by atoms with E-state index in [2.05, 4.69) is 0 Å². The third kappa shape index (κ3) is 5.46. The van der Waals surface area contributed by atoms with Gasteiger partial charge < -0.3 is 26.4 Å². The lowest BCUT2D eigenvalue weighted by molar-refractivity contribution is -0.157. The van der Waals surface area contributed by atoms with Crippen LogP contribution in [0.25, 0.3) is 0 Å². The minimum absolute atomic E-state index is 0.375. The highest BCUT2D eigenvalue weighted by Crippen LogP contribution is 2.32. The van der Waals surface area contributed by atoms with Crippen molar-refractivity contribution in [2.45, 2.75) is 47.8 Å². The van der Waals surface area contributed by atoms with Crippen molar-refractivity contribution in [3.05, 3.63) is 29.8 Å². The summed E-state index contributed by atoms with van der Waals surface area (Å²) in [7, 11) is -4.64. The number of nitrogens with two attached hydrogens (primary N) is 1. The number of halogens is 3. The number of alkyl halides is 3. The minimum atomic E-state index is -4.80. The first-order valence-electron chi connectivity index (χ1n) is 8.50. The van der Waals surface area contributed by atoms with E-state index in [-0.39, 0.29) is 0 Å². The Balaban J connectivity index is 2.27. The van der Waals surface area contributed by atoms with Gasteiger partial charge in [0.05, 0.1) is 35.3 Å². The van der Waals surface area contributed by atoms with E-state index in [1.54, 1.807) is 0 Å². The van der Waals surface area contributed by atoms with Gasteiger partial charge in [-0.25, -0.2) is 13.1 Å². The number of nitrogens with one attached hydrogen (secondary N) is 2. The maximum atomic E-state index is 12.8. The summed E-state index contributed by atoms with van der Waals surface area (Å²) in [5.41, 5.74) is 1.28. The van der Waals surface area contributed by atoms with Crippen molar-refractivity contribution in [3.63, 3.8) is 0 Å². The fraction of sp³-hybridized carbons (Fsp3) is 0.500. The molecule has 1 aliphatic carbocycles. The van der Waals surface area contributed by atoms with Gasteiger partial charge in [0.15, 0.2) is 0 Å². The third-order valence-corrected chi connectivity index (χ3v) is 6.02. The zero-order valence-electron chi connectivity index (χ0n) is 15.3. The van der Waals surface area contributed by atoms with Crippen molar-refractivity contribution in [2.75, 3.05) is 6.54 Å². The molecule has 0 aliphatic heterocycles. The number of hydrogen-bond donors (Lipinski definition) is 6. The molecule has 0 spiro atoms. The van der Waals surface area contributed by atoms with Gasteiger partial charge in [0.25, 0.3) is 5.91 Å². The average Bonchev–Trinajstić information content (AvgIpc) is 2.63. The summed E-state index contributed by atoms with van der Waals surface area (Å²) < 4.78 is 65.5. The van der Waals surface area contributed by atoms with E-state index in [0.29, 0.717) is 12.1 Å². The predicted molar refractivity (Wildman–Crippen MR) is 94.0 cm³/mol. The molecule has 7 N–H and O–H groups in total. The second-order valence-corrected chi connectivity index (χ2v) is 8.61. The molecular weight excluding hydrogens is 435 g/mol. The summed E-state index contributed by atoms with van der Waals surface area (Å²) >= 11 is 0. The molecule has 4 atom stereocenters. The van der Waals surface area contributed by atoms with Gasteiger partial charge >= 0.3 is 6.18 Å². The Morgan fingerprint density at radius 2 is 1.87 bits per heavy atom. The molecule has 1 aromatic carbocycles. The Morgan fingerprint density at radius 3 is 2.43 bits per heavy atom. The third-order valence-electron chi connectivity index (χ3n) is 4.53.